The van der Waals surface area contributed by atoms with Gasteiger partial charge in [0.2, 0.25) is 9.84 Å². The van der Waals surface area contributed by atoms with Gasteiger partial charge in [-0.05, 0) is 59.2 Å². The van der Waals surface area contributed by atoms with Crippen LogP contribution in [-0.4, -0.2) is 33.7 Å². The molecule has 0 aromatic heterocycles. The van der Waals surface area contributed by atoms with Gasteiger partial charge in [0.25, 0.3) is 0 Å². The molecule has 7 heteroatoms. The van der Waals surface area contributed by atoms with E-state index in [2.05, 4.69) is 0 Å². The molecule has 3 rings (SSSR count). The summed E-state index contributed by atoms with van der Waals surface area (Å²) in [5.41, 5.74) is 1.93. The fourth-order valence-corrected chi connectivity index (χ4v) is 4.33. The highest BCUT2D eigenvalue weighted by atomic mass is 32.2. The minimum absolute atomic E-state index is 0.0139. The van der Waals surface area contributed by atoms with E-state index in [0.29, 0.717) is 11.3 Å². The Bertz CT molecular complexity index is 1130. The number of hydrogen-bond donors (Lipinski definition) is 1. The van der Waals surface area contributed by atoms with E-state index in [1.807, 2.05) is 18.2 Å². The zero-order valence-electron chi connectivity index (χ0n) is 16.0. The molecule has 0 spiro atoms. The first-order valence-electron chi connectivity index (χ1n) is 8.73. The number of aliphatic carboxylic acids is 1. The standard InChI is InChI=1S/C22H20O6S/c1-27-18-8-6-16(7-9-18)17-4-3-5-20(13-17)29(25,26)21-11-15(12-22(23)24)10-19(14-21)28-2/h3-11,13-14H,12H2,1-2H3,(H,23,24). The van der Waals surface area contributed by atoms with Gasteiger partial charge >= 0.3 is 5.97 Å². The lowest BCUT2D eigenvalue weighted by molar-refractivity contribution is -0.136. The van der Waals surface area contributed by atoms with Crippen molar-refractivity contribution in [1.82, 2.24) is 0 Å². The molecule has 0 aliphatic carbocycles. The molecule has 0 aliphatic heterocycles. The Kier molecular flexibility index (Phi) is 5.89. The van der Waals surface area contributed by atoms with Gasteiger partial charge in [-0.15, -0.1) is 0 Å². The third-order valence-corrected chi connectivity index (χ3v) is 6.14. The van der Waals surface area contributed by atoms with Crippen molar-refractivity contribution in [3.05, 3.63) is 72.3 Å². The minimum atomic E-state index is -3.87. The topological polar surface area (TPSA) is 89.9 Å². The molecular formula is C22H20O6S. The van der Waals surface area contributed by atoms with E-state index < -0.39 is 15.8 Å². The predicted octanol–water partition coefficient (Wildman–Crippen LogP) is 3.83. The summed E-state index contributed by atoms with van der Waals surface area (Å²) in [6.45, 7) is 0. The van der Waals surface area contributed by atoms with Gasteiger partial charge in [0.1, 0.15) is 11.5 Å². The van der Waals surface area contributed by atoms with Gasteiger partial charge in [-0.3, -0.25) is 4.79 Å². The van der Waals surface area contributed by atoms with Crippen molar-refractivity contribution in [1.29, 1.82) is 0 Å². The molecule has 0 fully saturated rings. The second-order valence-electron chi connectivity index (χ2n) is 6.35. The third-order valence-electron chi connectivity index (χ3n) is 4.41. The largest absolute Gasteiger partial charge is 0.497 e. The highest BCUT2D eigenvalue weighted by Crippen LogP contribution is 2.30. The number of ether oxygens (including phenoxy) is 2. The zero-order chi connectivity index (χ0) is 21.0. The number of carboxylic acid groups (broad SMARTS) is 1. The van der Waals surface area contributed by atoms with Crippen molar-refractivity contribution in [2.45, 2.75) is 16.2 Å². The molecule has 0 atom stereocenters. The maximum atomic E-state index is 13.2. The summed E-state index contributed by atoms with van der Waals surface area (Å²) in [5.74, 6) is -0.0587. The molecule has 150 valence electrons. The van der Waals surface area contributed by atoms with Crippen molar-refractivity contribution in [3.8, 4) is 22.6 Å². The van der Waals surface area contributed by atoms with Crippen molar-refractivity contribution < 1.29 is 27.8 Å². The minimum Gasteiger partial charge on any atom is -0.497 e. The van der Waals surface area contributed by atoms with E-state index in [-0.39, 0.29) is 22.0 Å². The van der Waals surface area contributed by atoms with Crippen molar-refractivity contribution in [2.24, 2.45) is 0 Å². The van der Waals surface area contributed by atoms with Crippen molar-refractivity contribution >= 4 is 15.8 Å². The lowest BCUT2D eigenvalue weighted by atomic mass is 10.1. The summed E-state index contributed by atoms with van der Waals surface area (Å²) >= 11 is 0. The number of benzene rings is 3. The fourth-order valence-electron chi connectivity index (χ4n) is 2.94. The van der Waals surface area contributed by atoms with Crippen LogP contribution in [0.4, 0.5) is 0 Å². The molecule has 3 aromatic carbocycles. The second kappa shape index (κ2) is 8.36. The first-order valence-corrected chi connectivity index (χ1v) is 10.2. The summed E-state index contributed by atoms with van der Waals surface area (Å²) in [5, 5.41) is 9.04. The first-order chi connectivity index (χ1) is 13.8. The van der Waals surface area contributed by atoms with Crippen LogP contribution in [-0.2, 0) is 21.1 Å². The van der Waals surface area contributed by atoms with Crippen LogP contribution in [0, 0.1) is 0 Å². The number of rotatable bonds is 7. The molecule has 0 aliphatic rings. The van der Waals surface area contributed by atoms with Gasteiger partial charge in [-0.1, -0.05) is 24.3 Å². The number of hydrogen-bond acceptors (Lipinski definition) is 5. The van der Waals surface area contributed by atoms with Crippen LogP contribution in [0.15, 0.2) is 76.5 Å². The summed E-state index contributed by atoms with van der Waals surface area (Å²) < 4.78 is 36.7. The number of methoxy groups -OCH3 is 2. The molecule has 0 radical (unpaired) electrons. The Balaban J connectivity index is 2.04. The zero-order valence-corrected chi connectivity index (χ0v) is 16.8. The SMILES string of the molecule is COc1ccc(-c2cccc(S(=O)(=O)c3cc(CC(=O)O)cc(OC)c3)c2)cc1. The van der Waals surface area contributed by atoms with Crippen LogP contribution in [0.1, 0.15) is 5.56 Å². The van der Waals surface area contributed by atoms with Gasteiger partial charge in [0.15, 0.2) is 0 Å². The van der Waals surface area contributed by atoms with Crippen molar-refractivity contribution in [2.75, 3.05) is 14.2 Å². The first kappa shape index (κ1) is 20.4. The molecule has 0 unspecified atom stereocenters. The number of carbonyl (C=O) groups is 1. The molecule has 6 nitrogen and oxygen atoms in total. The normalized spacial score (nSPS) is 11.1. The lowest BCUT2D eigenvalue weighted by Gasteiger charge is -2.11. The predicted molar refractivity (Wildman–Crippen MR) is 108 cm³/mol. The van der Waals surface area contributed by atoms with Gasteiger partial charge in [0.05, 0.1) is 30.4 Å². The second-order valence-corrected chi connectivity index (χ2v) is 8.30. The summed E-state index contributed by atoms with van der Waals surface area (Å²) in [4.78, 5) is 11.1. The van der Waals surface area contributed by atoms with E-state index in [4.69, 9.17) is 14.6 Å². The molecule has 0 saturated heterocycles. The third kappa shape index (κ3) is 4.57. The van der Waals surface area contributed by atoms with E-state index in [1.165, 1.54) is 31.4 Å². The van der Waals surface area contributed by atoms with Crippen LogP contribution in [0.3, 0.4) is 0 Å². The molecular weight excluding hydrogens is 392 g/mol. The van der Waals surface area contributed by atoms with Gasteiger partial charge in [-0.2, -0.15) is 0 Å². The van der Waals surface area contributed by atoms with Crippen LogP contribution in [0.2, 0.25) is 0 Å². The number of sulfone groups is 1. The van der Waals surface area contributed by atoms with E-state index >= 15 is 0 Å². The van der Waals surface area contributed by atoms with E-state index in [0.717, 1.165) is 11.1 Å². The molecule has 29 heavy (non-hydrogen) atoms. The molecule has 0 saturated carbocycles. The highest BCUT2D eigenvalue weighted by Gasteiger charge is 2.20. The van der Waals surface area contributed by atoms with Crippen LogP contribution < -0.4 is 9.47 Å². The molecule has 0 bridgehead atoms. The van der Waals surface area contributed by atoms with E-state index in [9.17, 15) is 13.2 Å². The average molecular weight is 412 g/mol. The summed E-state index contributed by atoms with van der Waals surface area (Å²) in [6.07, 6.45) is -0.300. The molecule has 0 heterocycles. The van der Waals surface area contributed by atoms with Gasteiger partial charge in [0, 0.05) is 0 Å². The Morgan fingerprint density at radius 3 is 2.14 bits per heavy atom. The van der Waals surface area contributed by atoms with Crippen molar-refractivity contribution in [3.63, 3.8) is 0 Å². The quantitative estimate of drug-likeness (QED) is 0.634. The smallest absolute Gasteiger partial charge is 0.307 e. The maximum Gasteiger partial charge on any atom is 0.307 e. The summed E-state index contributed by atoms with van der Waals surface area (Å²) in [7, 11) is -0.889. The van der Waals surface area contributed by atoms with Crippen LogP contribution in [0.25, 0.3) is 11.1 Å². The van der Waals surface area contributed by atoms with E-state index in [1.54, 1.807) is 31.4 Å². The Morgan fingerprint density at radius 2 is 1.52 bits per heavy atom. The monoisotopic (exact) mass is 412 g/mol. The molecule has 0 amide bonds. The van der Waals surface area contributed by atoms with Crippen LogP contribution in [0.5, 0.6) is 11.5 Å². The maximum absolute atomic E-state index is 13.2. The Morgan fingerprint density at radius 1 is 0.828 bits per heavy atom. The Hall–Kier alpha value is -3.32. The number of carboxylic acids is 1. The average Bonchev–Trinajstić information content (AvgIpc) is 2.73. The lowest BCUT2D eigenvalue weighted by Crippen LogP contribution is -2.06. The molecule has 3 aromatic rings. The van der Waals surface area contributed by atoms with Crippen LogP contribution >= 0.6 is 0 Å². The summed E-state index contributed by atoms with van der Waals surface area (Å²) in [6, 6.07) is 18.2. The fraction of sp³-hybridized carbons (Fsp3) is 0.136. The highest BCUT2D eigenvalue weighted by molar-refractivity contribution is 7.91. The van der Waals surface area contributed by atoms with Gasteiger partial charge in [-0.25, -0.2) is 8.42 Å². The molecule has 1 N–H and O–H groups in total. The Labute approximate surface area is 169 Å². The van der Waals surface area contributed by atoms with Gasteiger partial charge < -0.3 is 14.6 Å².